The van der Waals surface area contributed by atoms with Crippen molar-refractivity contribution >= 4 is 0 Å². The van der Waals surface area contributed by atoms with E-state index in [1.165, 1.54) is 12.0 Å². The van der Waals surface area contributed by atoms with Gasteiger partial charge in [0.05, 0.1) is 0 Å². The molecule has 1 rings (SSSR count). The first-order valence-corrected chi connectivity index (χ1v) is 4.82. The topological polar surface area (TPSA) is 12.0 Å². The van der Waals surface area contributed by atoms with Crippen molar-refractivity contribution in [1.29, 1.82) is 0 Å². The number of hydrogen-bond acceptors (Lipinski definition) is 1. The van der Waals surface area contributed by atoms with E-state index in [0.717, 1.165) is 13.0 Å². The van der Waals surface area contributed by atoms with Crippen molar-refractivity contribution in [3.05, 3.63) is 48.2 Å². The van der Waals surface area contributed by atoms with Crippen LogP contribution in [0.1, 0.15) is 18.9 Å². The van der Waals surface area contributed by atoms with Crippen molar-refractivity contribution in [2.45, 2.75) is 19.8 Å². The average molecular weight is 175 g/mol. The van der Waals surface area contributed by atoms with Crippen molar-refractivity contribution in [3.8, 4) is 0 Å². The Morgan fingerprint density at radius 1 is 1.23 bits per heavy atom. The highest BCUT2D eigenvalue weighted by atomic mass is 14.8. The molecule has 0 aliphatic carbocycles. The lowest BCUT2D eigenvalue weighted by atomic mass is 10.1. The molecule has 1 nitrogen and oxygen atoms in total. The first-order valence-electron chi connectivity index (χ1n) is 4.82. The molecule has 0 spiro atoms. The summed E-state index contributed by atoms with van der Waals surface area (Å²) in [6.45, 7) is 3.07. The predicted octanol–water partition coefficient (Wildman–Crippen LogP) is 2.74. The van der Waals surface area contributed by atoms with Gasteiger partial charge in [0.1, 0.15) is 0 Å². The van der Waals surface area contributed by atoms with Crippen LogP contribution in [0.2, 0.25) is 0 Å². The van der Waals surface area contributed by atoms with Crippen LogP contribution in [0.5, 0.6) is 0 Å². The zero-order chi connectivity index (χ0) is 9.36. The van der Waals surface area contributed by atoms with Gasteiger partial charge in [0.15, 0.2) is 0 Å². The largest absolute Gasteiger partial charge is 0.391 e. The Bertz CT molecular complexity index is 239. The van der Waals surface area contributed by atoms with Crippen LogP contribution in [0.4, 0.5) is 0 Å². The first kappa shape index (κ1) is 9.85. The highest BCUT2D eigenvalue weighted by Crippen LogP contribution is 2.01. The van der Waals surface area contributed by atoms with Crippen LogP contribution in [-0.4, -0.2) is 6.54 Å². The lowest BCUT2D eigenvalue weighted by Crippen LogP contribution is -2.07. The van der Waals surface area contributed by atoms with Crippen LogP contribution >= 0.6 is 0 Å². The van der Waals surface area contributed by atoms with E-state index in [-0.39, 0.29) is 0 Å². The fourth-order valence-corrected chi connectivity index (χ4v) is 1.24. The monoisotopic (exact) mass is 175 g/mol. The molecular weight excluding hydrogens is 158 g/mol. The van der Waals surface area contributed by atoms with Gasteiger partial charge in [0.2, 0.25) is 0 Å². The normalized spacial score (nSPS) is 10.5. The molecule has 0 heterocycles. The standard InChI is InChI=1S/C12H17N/c1-2-10-13-11-6-9-12-7-4-3-5-8-12/h2-5,7-8,10,13H,6,9,11H2,1H3. The van der Waals surface area contributed by atoms with Gasteiger partial charge in [0, 0.05) is 6.54 Å². The van der Waals surface area contributed by atoms with Gasteiger partial charge in [0.25, 0.3) is 0 Å². The fraction of sp³-hybridized carbons (Fsp3) is 0.333. The SMILES string of the molecule is CC=CNCCCc1ccccc1. The maximum Gasteiger partial charge on any atom is 0.0144 e. The molecule has 0 aliphatic rings. The van der Waals surface area contributed by atoms with Gasteiger partial charge in [-0.3, -0.25) is 0 Å². The number of nitrogens with one attached hydrogen (secondary N) is 1. The van der Waals surface area contributed by atoms with E-state index in [9.17, 15) is 0 Å². The highest BCUT2D eigenvalue weighted by Gasteiger charge is 1.89. The molecule has 0 fully saturated rings. The second-order valence-corrected chi connectivity index (χ2v) is 3.04. The molecule has 0 aliphatic heterocycles. The third-order valence-corrected chi connectivity index (χ3v) is 1.91. The van der Waals surface area contributed by atoms with Gasteiger partial charge in [-0.25, -0.2) is 0 Å². The van der Waals surface area contributed by atoms with E-state index in [1.807, 2.05) is 19.2 Å². The van der Waals surface area contributed by atoms with Crippen LogP contribution in [0.15, 0.2) is 42.6 Å². The Labute approximate surface area is 80.5 Å². The summed E-state index contributed by atoms with van der Waals surface area (Å²) in [4.78, 5) is 0. The van der Waals surface area contributed by atoms with Crippen LogP contribution in [0, 0.1) is 0 Å². The van der Waals surface area contributed by atoms with E-state index in [4.69, 9.17) is 0 Å². The van der Waals surface area contributed by atoms with Gasteiger partial charge in [-0.2, -0.15) is 0 Å². The Morgan fingerprint density at radius 2 is 2.00 bits per heavy atom. The van der Waals surface area contributed by atoms with Crippen LogP contribution in [0.25, 0.3) is 0 Å². The number of aryl methyl sites for hydroxylation is 1. The Morgan fingerprint density at radius 3 is 2.69 bits per heavy atom. The zero-order valence-corrected chi connectivity index (χ0v) is 8.16. The molecule has 0 unspecified atom stereocenters. The molecule has 0 atom stereocenters. The van der Waals surface area contributed by atoms with E-state index in [0.29, 0.717) is 0 Å². The van der Waals surface area contributed by atoms with E-state index in [1.54, 1.807) is 0 Å². The van der Waals surface area contributed by atoms with Gasteiger partial charge < -0.3 is 5.32 Å². The number of allylic oxidation sites excluding steroid dienone is 1. The number of hydrogen-bond donors (Lipinski definition) is 1. The number of rotatable bonds is 5. The molecule has 0 bridgehead atoms. The minimum atomic E-state index is 1.05. The molecule has 1 aromatic carbocycles. The second-order valence-electron chi connectivity index (χ2n) is 3.04. The molecule has 13 heavy (non-hydrogen) atoms. The summed E-state index contributed by atoms with van der Waals surface area (Å²) in [5.41, 5.74) is 1.42. The molecule has 1 heteroatoms. The van der Waals surface area contributed by atoms with Gasteiger partial charge >= 0.3 is 0 Å². The summed E-state index contributed by atoms with van der Waals surface area (Å²) < 4.78 is 0. The van der Waals surface area contributed by atoms with Crippen LogP contribution in [0.3, 0.4) is 0 Å². The summed E-state index contributed by atoms with van der Waals surface area (Å²) >= 11 is 0. The molecule has 0 aromatic heterocycles. The van der Waals surface area contributed by atoms with Crippen molar-refractivity contribution in [2.75, 3.05) is 6.54 Å². The molecule has 1 N–H and O–H groups in total. The van der Waals surface area contributed by atoms with Crippen molar-refractivity contribution in [2.24, 2.45) is 0 Å². The quantitative estimate of drug-likeness (QED) is 0.678. The summed E-state index contributed by atoms with van der Waals surface area (Å²) in [5, 5.41) is 3.22. The highest BCUT2D eigenvalue weighted by molar-refractivity contribution is 5.14. The Balaban J connectivity index is 2.13. The molecule has 1 aromatic rings. The van der Waals surface area contributed by atoms with E-state index in [2.05, 4.69) is 35.6 Å². The number of benzene rings is 1. The smallest absolute Gasteiger partial charge is 0.0144 e. The Hall–Kier alpha value is -1.24. The predicted molar refractivity (Wildman–Crippen MR) is 57.6 cm³/mol. The zero-order valence-electron chi connectivity index (χ0n) is 8.16. The average Bonchev–Trinajstić information content (AvgIpc) is 2.19. The third-order valence-electron chi connectivity index (χ3n) is 1.91. The van der Waals surface area contributed by atoms with Crippen molar-refractivity contribution in [3.63, 3.8) is 0 Å². The minimum Gasteiger partial charge on any atom is -0.391 e. The molecule has 0 amide bonds. The van der Waals surface area contributed by atoms with E-state index < -0.39 is 0 Å². The van der Waals surface area contributed by atoms with Crippen LogP contribution in [-0.2, 0) is 6.42 Å². The molecule has 0 saturated heterocycles. The Kier molecular flexibility index (Phi) is 4.77. The van der Waals surface area contributed by atoms with Crippen molar-refractivity contribution < 1.29 is 0 Å². The molecule has 0 radical (unpaired) electrons. The first-order chi connectivity index (χ1) is 6.43. The van der Waals surface area contributed by atoms with Gasteiger partial charge in [-0.1, -0.05) is 36.4 Å². The lowest BCUT2D eigenvalue weighted by molar-refractivity contribution is 0.751. The minimum absolute atomic E-state index is 1.05. The second kappa shape index (κ2) is 6.30. The van der Waals surface area contributed by atoms with Gasteiger partial charge in [-0.05, 0) is 31.5 Å². The summed E-state index contributed by atoms with van der Waals surface area (Å²) in [6.07, 6.45) is 6.35. The van der Waals surface area contributed by atoms with Gasteiger partial charge in [-0.15, -0.1) is 0 Å². The third kappa shape index (κ3) is 4.36. The molecular formula is C12H17N. The molecule has 0 saturated carbocycles. The lowest BCUT2D eigenvalue weighted by Gasteiger charge is -2.01. The summed E-state index contributed by atoms with van der Waals surface area (Å²) in [7, 11) is 0. The summed E-state index contributed by atoms with van der Waals surface area (Å²) in [5.74, 6) is 0. The fourth-order valence-electron chi connectivity index (χ4n) is 1.24. The van der Waals surface area contributed by atoms with E-state index >= 15 is 0 Å². The maximum atomic E-state index is 3.22. The van der Waals surface area contributed by atoms with Crippen LogP contribution < -0.4 is 5.32 Å². The maximum absolute atomic E-state index is 3.22. The van der Waals surface area contributed by atoms with Crippen molar-refractivity contribution in [1.82, 2.24) is 5.32 Å². The molecule has 70 valence electrons. The summed E-state index contributed by atoms with van der Waals surface area (Å²) in [6, 6.07) is 10.6.